The van der Waals surface area contributed by atoms with E-state index >= 15 is 0 Å². The molecule has 2 N–H and O–H groups in total. The predicted molar refractivity (Wildman–Crippen MR) is 81.3 cm³/mol. The molecule has 0 saturated carbocycles. The first kappa shape index (κ1) is 18.1. The van der Waals surface area contributed by atoms with Gasteiger partial charge in [0.05, 0.1) is 17.2 Å². The van der Waals surface area contributed by atoms with Gasteiger partial charge < -0.3 is 15.3 Å². The topological polar surface area (TPSA) is 69.6 Å². The van der Waals surface area contributed by atoms with E-state index < -0.39 is 29.3 Å². The average Bonchev–Trinajstić information content (AvgIpc) is 2.55. The molecule has 0 spiro atoms. The molecule has 1 saturated heterocycles. The molecule has 2 rings (SSSR count). The minimum Gasteiger partial charge on any atom is -0.506 e. The molecular formula is C16H19F3N2O3. The Hall–Kier alpha value is -2.25. The summed E-state index contributed by atoms with van der Waals surface area (Å²) in [6, 6.07) is 2.34. The molecule has 1 aromatic carbocycles. The summed E-state index contributed by atoms with van der Waals surface area (Å²) in [5, 5.41) is 12.0. The Kier molecular flexibility index (Phi) is 5.36. The van der Waals surface area contributed by atoms with Crippen LogP contribution in [0.2, 0.25) is 0 Å². The molecule has 1 heterocycles. The van der Waals surface area contributed by atoms with Crippen LogP contribution in [0.5, 0.6) is 5.75 Å². The number of carbonyl (C=O) groups excluding carboxylic acids is 2. The second-order valence-corrected chi connectivity index (χ2v) is 5.75. The van der Waals surface area contributed by atoms with Gasteiger partial charge in [-0.1, -0.05) is 6.92 Å². The van der Waals surface area contributed by atoms with Gasteiger partial charge in [-0.3, -0.25) is 9.59 Å². The fraction of sp³-hybridized carbons (Fsp3) is 0.500. The highest BCUT2D eigenvalue weighted by atomic mass is 19.4. The third-order valence-corrected chi connectivity index (χ3v) is 4.03. The van der Waals surface area contributed by atoms with Gasteiger partial charge in [-0.25, -0.2) is 0 Å². The Morgan fingerprint density at radius 2 is 2.08 bits per heavy atom. The van der Waals surface area contributed by atoms with Crippen LogP contribution in [0.3, 0.4) is 0 Å². The summed E-state index contributed by atoms with van der Waals surface area (Å²) in [6.07, 6.45) is -3.04. The molecule has 0 radical (unpaired) electrons. The van der Waals surface area contributed by atoms with Gasteiger partial charge in [0.2, 0.25) is 11.8 Å². The molecule has 2 amide bonds. The first-order valence-electron chi connectivity index (χ1n) is 7.71. The molecular weight excluding hydrogens is 325 g/mol. The van der Waals surface area contributed by atoms with Crippen molar-refractivity contribution < 1.29 is 27.9 Å². The molecule has 0 unspecified atom stereocenters. The summed E-state index contributed by atoms with van der Waals surface area (Å²) in [7, 11) is 0. The lowest BCUT2D eigenvalue weighted by atomic mass is 9.96. The summed E-state index contributed by atoms with van der Waals surface area (Å²) in [5.74, 6) is -1.51. The van der Waals surface area contributed by atoms with Gasteiger partial charge in [0.25, 0.3) is 0 Å². The summed E-state index contributed by atoms with van der Waals surface area (Å²) >= 11 is 0. The van der Waals surface area contributed by atoms with Crippen molar-refractivity contribution in [3.05, 3.63) is 23.8 Å². The van der Waals surface area contributed by atoms with Gasteiger partial charge in [-0.2, -0.15) is 13.2 Å². The van der Waals surface area contributed by atoms with Crippen LogP contribution in [0.25, 0.3) is 0 Å². The van der Waals surface area contributed by atoms with Gasteiger partial charge >= 0.3 is 6.18 Å². The van der Waals surface area contributed by atoms with Crippen molar-refractivity contribution in [3.63, 3.8) is 0 Å². The van der Waals surface area contributed by atoms with Crippen molar-refractivity contribution in [2.75, 3.05) is 18.4 Å². The van der Waals surface area contributed by atoms with Crippen LogP contribution in [0, 0.1) is 5.92 Å². The minimum absolute atomic E-state index is 0.0607. The molecule has 0 aliphatic carbocycles. The Bertz CT molecular complexity index is 631. The average molecular weight is 344 g/mol. The molecule has 1 aromatic rings. The first-order chi connectivity index (χ1) is 11.2. The number of hydrogen-bond acceptors (Lipinski definition) is 3. The zero-order valence-electron chi connectivity index (χ0n) is 13.2. The third kappa shape index (κ3) is 4.18. The quantitative estimate of drug-likeness (QED) is 0.828. The number of rotatable bonds is 3. The van der Waals surface area contributed by atoms with Gasteiger partial charge in [0.1, 0.15) is 5.75 Å². The van der Waals surface area contributed by atoms with Gasteiger partial charge in [0.15, 0.2) is 0 Å². The molecule has 1 atom stereocenters. The van der Waals surface area contributed by atoms with E-state index in [1.807, 2.05) is 0 Å². The monoisotopic (exact) mass is 344 g/mol. The molecule has 8 heteroatoms. The molecule has 1 aliphatic heterocycles. The van der Waals surface area contributed by atoms with Gasteiger partial charge in [0, 0.05) is 19.5 Å². The highest BCUT2D eigenvalue weighted by Gasteiger charge is 2.32. The summed E-state index contributed by atoms with van der Waals surface area (Å²) < 4.78 is 38.2. The Labute approximate surface area is 137 Å². The van der Waals surface area contributed by atoms with E-state index in [1.54, 1.807) is 11.8 Å². The van der Waals surface area contributed by atoms with Crippen molar-refractivity contribution in [2.24, 2.45) is 5.92 Å². The van der Waals surface area contributed by atoms with E-state index in [4.69, 9.17) is 0 Å². The minimum atomic E-state index is -4.57. The third-order valence-electron chi connectivity index (χ3n) is 4.03. The smallest absolute Gasteiger partial charge is 0.416 e. The standard InChI is InChI=1S/C16H19F3N2O3/c1-2-14(23)21-7-3-4-10(9-21)15(24)20-12-8-11(16(17,18)19)5-6-13(12)22/h5-6,8,10,22H,2-4,7,9H2,1H3,(H,20,24)/t10-/m0/s1. The number of piperidine rings is 1. The van der Waals surface area contributed by atoms with Crippen molar-refractivity contribution in [3.8, 4) is 5.75 Å². The van der Waals surface area contributed by atoms with Crippen molar-refractivity contribution in [2.45, 2.75) is 32.4 Å². The van der Waals surface area contributed by atoms with Gasteiger partial charge in [-0.15, -0.1) is 0 Å². The molecule has 1 aliphatic rings. The highest BCUT2D eigenvalue weighted by molar-refractivity contribution is 5.94. The van der Waals surface area contributed by atoms with E-state index in [1.165, 1.54) is 0 Å². The SMILES string of the molecule is CCC(=O)N1CCC[C@H](C(=O)Nc2cc(C(F)(F)F)ccc2O)C1. The largest absolute Gasteiger partial charge is 0.506 e. The molecule has 0 aromatic heterocycles. The van der Waals surface area contributed by atoms with Crippen LogP contribution in [0.4, 0.5) is 18.9 Å². The number of amides is 2. The van der Waals surface area contributed by atoms with Gasteiger partial charge in [-0.05, 0) is 31.0 Å². The highest BCUT2D eigenvalue weighted by Crippen LogP contribution is 2.34. The van der Waals surface area contributed by atoms with Crippen LogP contribution in [0.15, 0.2) is 18.2 Å². The maximum absolute atomic E-state index is 12.7. The second kappa shape index (κ2) is 7.11. The maximum Gasteiger partial charge on any atom is 0.416 e. The maximum atomic E-state index is 12.7. The number of phenols is 1. The number of carbonyl (C=O) groups is 2. The first-order valence-corrected chi connectivity index (χ1v) is 7.71. The van der Waals surface area contributed by atoms with E-state index in [0.29, 0.717) is 31.9 Å². The fourth-order valence-corrected chi connectivity index (χ4v) is 2.69. The number of nitrogens with one attached hydrogen (secondary N) is 1. The summed E-state index contributed by atoms with van der Waals surface area (Å²) in [5.41, 5.74) is -1.24. The van der Waals surface area contributed by atoms with Crippen LogP contribution in [-0.4, -0.2) is 34.9 Å². The molecule has 5 nitrogen and oxygen atoms in total. The lowest BCUT2D eigenvalue weighted by Gasteiger charge is -2.32. The normalized spacial score (nSPS) is 18.3. The summed E-state index contributed by atoms with van der Waals surface area (Å²) in [6.45, 7) is 2.54. The van der Waals surface area contributed by atoms with Crippen molar-refractivity contribution in [1.82, 2.24) is 4.90 Å². The Morgan fingerprint density at radius 1 is 1.38 bits per heavy atom. The number of aromatic hydroxyl groups is 1. The number of alkyl halides is 3. The lowest BCUT2D eigenvalue weighted by molar-refractivity contribution is -0.138. The zero-order valence-corrected chi connectivity index (χ0v) is 13.2. The van der Waals surface area contributed by atoms with Crippen LogP contribution >= 0.6 is 0 Å². The number of anilines is 1. The number of nitrogens with zero attached hydrogens (tertiary/aromatic N) is 1. The summed E-state index contributed by atoms with van der Waals surface area (Å²) in [4.78, 5) is 25.6. The van der Waals surface area contributed by atoms with E-state index in [0.717, 1.165) is 12.1 Å². The van der Waals surface area contributed by atoms with E-state index in [9.17, 15) is 27.9 Å². The number of likely N-dealkylation sites (tertiary alicyclic amines) is 1. The van der Waals surface area contributed by atoms with Crippen LogP contribution in [-0.2, 0) is 15.8 Å². The predicted octanol–water partition coefficient (Wildman–Crippen LogP) is 3.00. The van der Waals surface area contributed by atoms with Crippen molar-refractivity contribution >= 4 is 17.5 Å². The second-order valence-electron chi connectivity index (χ2n) is 5.75. The number of halogens is 3. The van der Waals surface area contributed by atoms with E-state index in [2.05, 4.69) is 5.32 Å². The number of phenolic OH excluding ortho intramolecular Hbond substituents is 1. The van der Waals surface area contributed by atoms with E-state index in [-0.39, 0.29) is 18.1 Å². The molecule has 24 heavy (non-hydrogen) atoms. The number of hydrogen-bond donors (Lipinski definition) is 2. The Morgan fingerprint density at radius 3 is 2.71 bits per heavy atom. The van der Waals surface area contributed by atoms with Crippen molar-refractivity contribution in [1.29, 1.82) is 0 Å². The molecule has 0 bridgehead atoms. The van der Waals surface area contributed by atoms with Crippen LogP contribution in [0.1, 0.15) is 31.7 Å². The Balaban J connectivity index is 2.10. The van der Waals surface area contributed by atoms with Crippen LogP contribution < -0.4 is 5.32 Å². The fourth-order valence-electron chi connectivity index (χ4n) is 2.69. The molecule has 132 valence electrons. The molecule has 1 fully saturated rings. The number of benzene rings is 1. The zero-order chi connectivity index (χ0) is 17.9. The lowest BCUT2D eigenvalue weighted by Crippen LogP contribution is -2.43.